The van der Waals surface area contributed by atoms with Crippen LogP contribution in [-0.2, 0) is 16.4 Å². The summed E-state index contributed by atoms with van der Waals surface area (Å²) in [7, 11) is -2.87. The first-order valence-corrected chi connectivity index (χ1v) is 8.06. The Balaban J connectivity index is 2.10. The number of nitrogens with zero attached hydrogens (tertiary/aromatic N) is 1. The van der Waals surface area contributed by atoms with Crippen molar-refractivity contribution in [1.82, 2.24) is 4.90 Å². The molecule has 0 radical (unpaired) electrons. The van der Waals surface area contributed by atoms with E-state index >= 15 is 0 Å². The summed E-state index contributed by atoms with van der Waals surface area (Å²) >= 11 is 5.85. The molecule has 1 atom stereocenters. The average Bonchev–Trinajstić information content (AvgIpc) is 2.24. The molecule has 1 aliphatic rings. The monoisotopic (exact) mass is 288 g/mol. The average molecular weight is 289 g/mol. The van der Waals surface area contributed by atoms with Crippen molar-refractivity contribution in [3.8, 4) is 0 Å². The van der Waals surface area contributed by atoms with Gasteiger partial charge in [0, 0.05) is 29.8 Å². The largest absolute Gasteiger partial charge is 0.398 e. The highest BCUT2D eigenvalue weighted by Crippen LogP contribution is 2.22. The van der Waals surface area contributed by atoms with Gasteiger partial charge in [-0.15, -0.1) is 0 Å². The summed E-state index contributed by atoms with van der Waals surface area (Å²) < 4.78 is 23.0. The van der Waals surface area contributed by atoms with E-state index in [1.807, 2.05) is 13.0 Å². The van der Waals surface area contributed by atoms with Gasteiger partial charge in [0.15, 0.2) is 9.84 Å². The molecule has 1 unspecified atom stereocenters. The molecule has 2 N–H and O–H groups in total. The van der Waals surface area contributed by atoms with Crippen molar-refractivity contribution in [2.24, 2.45) is 0 Å². The summed E-state index contributed by atoms with van der Waals surface area (Å²) in [5.74, 6) is 0.450. The van der Waals surface area contributed by atoms with E-state index in [2.05, 4.69) is 4.90 Å². The molecule has 1 heterocycles. The lowest BCUT2D eigenvalue weighted by Crippen LogP contribution is -2.46. The summed E-state index contributed by atoms with van der Waals surface area (Å²) in [6.45, 7) is 3.16. The topological polar surface area (TPSA) is 63.4 Å². The van der Waals surface area contributed by atoms with E-state index in [0.717, 1.165) is 5.56 Å². The first-order valence-electron chi connectivity index (χ1n) is 5.86. The maximum Gasteiger partial charge on any atom is 0.153 e. The van der Waals surface area contributed by atoms with E-state index in [0.29, 0.717) is 23.8 Å². The third kappa shape index (κ3) is 3.16. The third-order valence-electron chi connectivity index (χ3n) is 3.29. The van der Waals surface area contributed by atoms with E-state index in [9.17, 15) is 8.42 Å². The lowest BCUT2D eigenvalue weighted by Gasteiger charge is -2.33. The maximum atomic E-state index is 11.5. The fraction of sp³-hybridized carbons (Fsp3) is 0.500. The van der Waals surface area contributed by atoms with Gasteiger partial charge in [0.25, 0.3) is 0 Å². The first-order chi connectivity index (χ1) is 8.37. The minimum Gasteiger partial charge on any atom is -0.398 e. The predicted octanol–water partition coefficient (Wildman–Crippen LogP) is 1.54. The molecule has 1 saturated heterocycles. The predicted molar refractivity (Wildman–Crippen MR) is 74.4 cm³/mol. The zero-order chi connectivity index (χ0) is 13.3. The van der Waals surface area contributed by atoms with Gasteiger partial charge >= 0.3 is 0 Å². The first kappa shape index (κ1) is 13.6. The van der Waals surface area contributed by atoms with Crippen molar-refractivity contribution in [2.75, 3.05) is 23.8 Å². The van der Waals surface area contributed by atoms with Crippen LogP contribution in [0.4, 0.5) is 5.69 Å². The van der Waals surface area contributed by atoms with Gasteiger partial charge in [-0.05, 0) is 24.6 Å². The van der Waals surface area contributed by atoms with E-state index in [4.69, 9.17) is 17.3 Å². The van der Waals surface area contributed by atoms with Crippen LogP contribution in [0, 0.1) is 0 Å². The number of nitrogens with two attached hydrogens (primary N) is 1. The smallest absolute Gasteiger partial charge is 0.153 e. The number of hydrogen-bond donors (Lipinski definition) is 1. The quantitative estimate of drug-likeness (QED) is 0.839. The SMILES string of the molecule is CC1CS(=O)(=O)CCN1Cc1ccc(Cl)cc1N. The second-order valence-corrected chi connectivity index (χ2v) is 7.44. The molecule has 4 nitrogen and oxygen atoms in total. The Hall–Kier alpha value is -0.780. The van der Waals surface area contributed by atoms with E-state index in [1.54, 1.807) is 12.1 Å². The third-order valence-corrected chi connectivity index (χ3v) is 5.32. The number of nitrogen functional groups attached to an aromatic ring is 1. The Kier molecular flexibility index (Phi) is 3.84. The molecule has 0 aromatic heterocycles. The van der Waals surface area contributed by atoms with Crippen LogP contribution < -0.4 is 5.73 Å². The molecule has 0 aliphatic carbocycles. The highest BCUT2D eigenvalue weighted by molar-refractivity contribution is 7.91. The van der Waals surface area contributed by atoms with Gasteiger partial charge < -0.3 is 5.73 Å². The van der Waals surface area contributed by atoms with Crippen LogP contribution in [0.3, 0.4) is 0 Å². The Bertz CT molecular complexity index is 545. The van der Waals surface area contributed by atoms with Crippen molar-refractivity contribution in [3.63, 3.8) is 0 Å². The second-order valence-electron chi connectivity index (χ2n) is 4.78. The number of rotatable bonds is 2. The number of benzene rings is 1. The van der Waals surface area contributed by atoms with Gasteiger partial charge in [-0.25, -0.2) is 8.42 Å². The van der Waals surface area contributed by atoms with Gasteiger partial charge in [0.1, 0.15) is 0 Å². The Morgan fingerprint density at radius 2 is 2.22 bits per heavy atom. The normalized spacial score (nSPS) is 24.0. The van der Waals surface area contributed by atoms with Crippen LogP contribution in [0.2, 0.25) is 5.02 Å². The van der Waals surface area contributed by atoms with E-state index < -0.39 is 9.84 Å². The summed E-state index contributed by atoms with van der Waals surface area (Å²) in [5.41, 5.74) is 7.55. The van der Waals surface area contributed by atoms with Gasteiger partial charge in [0.2, 0.25) is 0 Å². The molecule has 0 amide bonds. The standard InChI is InChI=1S/C12H17ClN2O2S/c1-9-8-18(16,17)5-4-15(9)7-10-2-3-11(13)6-12(10)14/h2-3,6,9H,4-5,7-8,14H2,1H3. The lowest BCUT2D eigenvalue weighted by atomic mass is 10.1. The molecule has 1 aromatic carbocycles. The van der Waals surface area contributed by atoms with Gasteiger partial charge in [-0.1, -0.05) is 17.7 Å². The molecule has 1 aromatic rings. The molecule has 100 valence electrons. The van der Waals surface area contributed by atoms with Crippen LogP contribution in [0.1, 0.15) is 12.5 Å². The second kappa shape index (κ2) is 5.07. The Morgan fingerprint density at radius 3 is 2.83 bits per heavy atom. The van der Waals surface area contributed by atoms with Crippen LogP contribution in [0.5, 0.6) is 0 Å². The molecule has 18 heavy (non-hydrogen) atoms. The van der Waals surface area contributed by atoms with Crippen molar-refractivity contribution in [2.45, 2.75) is 19.5 Å². The van der Waals surface area contributed by atoms with E-state index in [1.165, 1.54) is 0 Å². The highest BCUT2D eigenvalue weighted by atomic mass is 35.5. The van der Waals surface area contributed by atoms with Gasteiger partial charge in [-0.3, -0.25) is 4.90 Å². The van der Waals surface area contributed by atoms with Gasteiger partial charge in [0.05, 0.1) is 11.5 Å². The summed E-state index contributed by atoms with van der Waals surface area (Å²) in [6.07, 6.45) is 0. The lowest BCUT2D eigenvalue weighted by molar-refractivity contribution is 0.218. The molecule has 2 rings (SSSR count). The molecule has 0 saturated carbocycles. The molecule has 1 aliphatic heterocycles. The van der Waals surface area contributed by atoms with Crippen molar-refractivity contribution in [1.29, 1.82) is 0 Å². The van der Waals surface area contributed by atoms with Crippen molar-refractivity contribution in [3.05, 3.63) is 28.8 Å². The van der Waals surface area contributed by atoms with Crippen LogP contribution in [0.25, 0.3) is 0 Å². The van der Waals surface area contributed by atoms with E-state index in [-0.39, 0.29) is 17.5 Å². The van der Waals surface area contributed by atoms with Crippen LogP contribution >= 0.6 is 11.6 Å². The fourth-order valence-corrected chi connectivity index (χ4v) is 4.00. The summed E-state index contributed by atoms with van der Waals surface area (Å²) in [4.78, 5) is 2.14. The van der Waals surface area contributed by atoms with Crippen LogP contribution in [0.15, 0.2) is 18.2 Å². The molecule has 0 spiro atoms. The zero-order valence-corrected chi connectivity index (χ0v) is 11.8. The van der Waals surface area contributed by atoms with Gasteiger partial charge in [-0.2, -0.15) is 0 Å². The van der Waals surface area contributed by atoms with Crippen molar-refractivity contribution < 1.29 is 8.42 Å². The molecular weight excluding hydrogens is 272 g/mol. The minimum absolute atomic E-state index is 0.0267. The zero-order valence-electron chi connectivity index (χ0n) is 10.3. The Labute approximate surface area is 113 Å². The molecule has 6 heteroatoms. The highest BCUT2D eigenvalue weighted by Gasteiger charge is 2.28. The van der Waals surface area contributed by atoms with Crippen LogP contribution in [-0.4, -0.2) is 37.4 Å². The summed E-state index contributed by atoms with van der Waals surface area (Å²) in [5, 5.41) is 0.616. The number of anilines is 1. The number of sulfone groups is 1. The fourth-order valence-electron chi connectivity index (χ4n) is 2.20. The van der Waals surface area contributed by atoms with Crippen molar-refractivity contribution >= 4 is 27.1 Å². The number of halogens is 1. The molecule has 0 bridgehead atoms. The minimum atomic E-state index is -2.87. The Morgan fingerprint density at radius 1 is 1.50 bits per heavy atom. The summed E-state index contributed by atoms with van der Waals surface area (Å²) in [6, 6.07) is 5.45. The molecular formula is C12H17ClN2O2S. The molecule has 1 fully saturated rings. The maximum absolute atomic E-state index is 11.5. The number of hydrogen-bond acceptors (Lipinski definition) is 4.